The first kappa shape index (κ1) is 14.9. The van der Waals surface area contributed by atoms with Gasteiger partial charge in [-0.1, -0.05) is 20.3 Å². The first-order valence-electron chi connectivity index (χ1n) is 5.38. The van der Waals surface area contributed by atoms with Crippen LogP contribution in [0.2, 0.25) is 0 Å². The summed E-state index contributed by atoms with van der Waals surface area (Å²) in [4.78, 5) is 21.8. The number of carbonyl (C=O) groups is 2. The average Bonchev–Trinajstić information content (AvgIpc) is 2.25. The van der Waals surface area contributed by atoms with Crippen molar-refractivity contribution in [1.29, 1.82) is 0 Å². The molecule has 16 heavy (non-hydrogen) atoms. The first-order valence-corrected chi connectivity index (χ1v) is 5.38. The van der Waals surface area contributed by atoms with E-state index in [4.69, 9.17) is 16.2 Å². The van der Waals surface area contributed by atoms with Crippen LogP contribution in [-0.4, -0.2) is 37.6 Å². The highest BCUT2D eigenvalue weighted by Crippen LogP contribution is 2.04. The van der Waals surface area contributed by atoms with Crippen LogP contribution in [-0.2, 0) is 14.3 Å². The summed E-state index contributed by atoms with van der Waals surface area (Å²) in [6, 6.07) is -0.499. The molecule has 5 N–H and O–H groups in total. The summed E-state index contributed by atoms with van der Waals surface area (Å²) in [5.74, 6) is -0.578. The number of hydrogen-bond acceptors (Lipinski definition) is 4. The van der Waals surface area contributed by atoms with Gasteiger partial charge in [0.05, 0.1) is 12.6 Å². The largest absolute Gasteiger partial charge is 0.370 e. The molecule has 0 aromatic rings. The molecule has 6 nitrogen and oxygen atoms in total. The second-order valence-electron chi connectivity index (χ2n) is 3.72. The van der Waals surface area contributed by atoms with Crippen molar-refractivity contribution in [3.05, 3.63) is 0 Å². The zero-order chi connectivity index (χ0) is 12.6. The van der Waals surface area contributed by atoms with Crippen molar-refractivity contribution in [2.75, 3.05) is 19.8 Å². The summed E-state index contributed by atoms with van der Waals surface area (Å²) in [5, 5.41) is 2.63. The molecule has 0 spiro atoms. The molecular formula is C10H21N3O3. The fourth-order valence-corrected chi connectivity index (χ4v) is 1.05. The summed E-state index contributed by atoms with van der Waals surface area (Å²) in [5.41, 5.74) is 10.6. The molecule has 0 rings (SSSR count). The minimum atomic E-state index is -0.525. The molecule has 0 aromatic heterocycles. The van der Waals surface area contributed by atoms with Crippen LogP contribution >= 0.6 is 0 Å². The number of nitrogens with one attached hydrogen (secondary N) is 1. The van der Waals surface area contributed by atoms with Crippen molar-refractivity contribution in [2.24, 2.45) is 17.4 Å². The monoisotopic (exact) mass is 231 g/mol. The van der Waals surface area contributed by atoms with Crippen LogP contribution in [0.4, 0.5) is 0 Å². The maximum atomic E-state index is 11.5. The van der Waals surface area contributed by atoms with E-state index in [2.05, 4.69) is 5.32 Å². The Morgan fingerprint density at radius 2 is 2.06 bits per heavy atom. The van der Waals surface area contributed by atoms with E-state index in [1.807, 2.05) is 13.8 Å². The minimum Gasteiger partial charge on any atom is -0.370 e. The highest BCUT2D eigenvalue weighted by molar-refractivity contribution is 5.81. The molecule has 0 aliphatic carbocycles. The highest BCUT2D eigenvalue weighted by Gasteiger charge is 2.18. The second kappa shape index (κ2) is 8.06. The Morgan fingerprint density at radius 1 is 1.44 bits per heavy atom. The van der Waals surface area contributed by atoms with Gasteiger partial charge in [0.1, 0.15) is 6.61 Å². The number of rotatable bonds is 8. The molecule has 0 heterocycles. The van der Waals surface area contributed by atoms with Gasteiger partial charge in [-0.3, -0.25) is 9.59 Å². The molecule has 6 heteroatoms. The fraction of sp³-hybridized carbons (Fsp3) is 0.800. The molecule has 0 aliphatic rings. The molecule has 0 unspecified atom stereocenters. The molecule has 0 bridgehead atoms. The summed E-state index contributed by atoms with van der Waals surface area (Å²) in [7, 11) is 0. The third kappa shape index (κ3) is 6.36. The Bertz CT molecular complexity index is 233. The summed E-state index contributed by atoms with van der Waals surface area (Å²) in [6.07, 6.45) is 0.854. The third-order valence-electron chi connectivity index (χ3n) is 2.35. The molecule has 0 radical (unpaired) electrons. The summed E-state index contributed by atoms with van der Waals surface area (Å²) >= 11 is 0. The zero-order valence-electron chi connectivity index (χ0n) is 9.86. The van der Waals surface area contributed by atoms with Crippen LogP contribution in [0.1, 0.15) is 20.3 Å². The smallest absolute Gasteiger partial charge is 0.243 e. The lowest BCUT2D eigenvalue weighted by molar-refractivity contribution is -0.123. The van der Waals surface area contributed by atoms with Gasteiger partial charge in [-0.2, -0.15) is 0 Å². The highest BCUT2D eigenvalue weighted by atomic mass is 16.5. The molecule has 0 fully saturated rings. The Morgan fingerprint density at radius 3 is 2.56 bits per heavy atom. The van der Waals surface area contributed by atoms with Crippen molar-refractivity contribution in [2.45, 2.75) is 26.3 Å². The van der Waals surface area contributed by atoms with Crippen molar-refractivity contribution < 1.29 is 14.3 Å². The summed E-state index contributed by atoms with van der Waals surface area (Å²) < 4.78 is 4.88. The van der Waals surface area contributed by atoms with E-state index in [1.165, 1.54) is 0 Å². The Kier molecular flexibility index (Phi) is 7.49. The van der Waals surface area contributed by atoms with Crippen molar-refractivity contribution in [3.63, 3.8) is 0 Å². The SMILES string of the molecule is CC[C@H](C)[C@H](N)C(=O)NCCOCC(N)=O. The van der Waals surface area contributed by atoms with Gasteiger partial charge in [-0.25, -0.2) is 0 Å². The Balaban J connectivity index is 3.61. The summed E-state index contributed by atoms with van der Waals surface area (Å²) in [6.45, 7) is 4.35. The van der Waals surface area contributed by atoms with Crippen LogP contribution in [0.25, 0.3) is 0 Å². The third-order valence-corrected chi connectivity index (χ3v) is 2.35. The van der Waals surface area contributed by atoms with E-state index in [0.717, 1.165) is 6.42 Å². The molecule has 0 saturated carbocycles. The molecule has 0 saturated heterocycles. The normalized spacial score (nSPS) is 14.2. The van der Waals surface area contributed by atoms with Crippen LogP contribution in [0.3, 0.4) is 0 Å². The Labute approximate surface area is 95.7 Å². The molecule has 0 aliphatic heterocycles. The van der Waals surface area contributed by atoms with Crippen LogP contribution < -0.4 is 16.8 Å². The number of nitrogens with two attached hydrogens (primary N) is 2. The van der Waals surface area contributed by atoms with Crippen molar-refractivity contribution in [3.8, 4) is 0 Å². The van der Waals surface area contributed by atoms with Gasteiger partial charge in [0.25, 0.3) is 0 Å². The van der Waals surface area contributed by atoms with Crippen LogP contribution in [0.5, 0.6) is 0 Å². The maximum Gasteiger partial charge on any atom is 0.243 e. The van der Waals surface area contributed by atoms with Crippen LogP contribution in [0, 0.1) is 5.92 Å². The first-order chi connectivity index (χ1) is 7.49. The quantitative estimate of drug-likeness (QED) is 0.464. The lowest BCUT2D eigenvalue weighted by Crippen LogP contribution is -2.45. The van der Waals surface area contributed by atoms with E-state index < -0.39 is 11.9 Å². The van der Waals surface area contributed by atoms with Gasteiger partial charge < -0.3 is 21.5 Å². The van der Waals surface area contributed by atoms with E-state index in [-0.39, 0.29) is 25.0 Å². The van der Waals surface area contributed by atoms with Gasteiger partial charge in [-0.15, -0.1) is 0 Å². The topological polar surface area (TPSA) is 107 Å². The van der Waals surface area contributed by atoms with Gasteiger partial charge in [0.15, 0.2) is 0 Å². The standard InChI is InChI=1S/C10H21N3O3/c1-3-7(2)9(12)10(15)13-4-5-16-6-8(11)14/h7,9H,3-6,12H2,1-2H3,(H2,11,14)(H,13,15)/t7-,9-/m0/s1. The maximum absolute atomic E-state index is 11.5. The molecule has 2 amide bonds. The number of primary amides is 1. The zero-order valence-corrected chi connectivity index (χ0v) is 9.86. The fourth-order valence-electron chi connectivity index (χ4n) is 1.05. The van der Waals surface area contributed by atoms with Gasteiger partial charge >= 0.3 is 0 Å². The van der Waals surface area contributed by atoms with E-state index in [1.54, 1.807) is 0 Å². The molecular weight excluding hydrogens is 210 g/mol. The number of hydrogen-bond donors (Lipinski definition) is 3. The van der Waals surface area contributed by atoms with E-state index in [0.29, 0.717) is 6.54 Å². The minimum absolute atomic E-state index is 0.132. The van der Waals surface area contributed by atoms with E-state index >= 15 is 0 Å². The molecule has 0 aromatic carbocycles. The van der Waals surface area contributed by atoms with Crippen LogP contribution in [0.15, 0.2) is 0 Å². The molecule has 94 valence electrons. The predicted octanol–water partition coefficient (Wildman–Crippen LogP) is -1.02. The number of carbonyl (C=O) groups excluding carboxylic acids is 2. The van der Waals surface area contributed by atoms with Gasteiger partial charge in [0, 0.05) is 6.54 Å². The number of amides is 2. The number of ether oxygens (including phenoxy) is 1. The lowest BCUT2D eigenvalue weighted by Gasteiger charge is -2.17. The van der Waals surface area contributed by atoms with Crippen molar-refractivity contribution >= 4 is 11.8 Å². The molecule has 2 atom stereocenters. The van der Waals surface area contributed by atoms with Crippen molar-refractivity contribution in [1.82, 2.24) is 5.32 Å². The second-order valence-corrected chi connectivity index (χ2v) is 3.72. The Hall–Kier alpha value is -1.14. The average molecular weight is 231 g/mol. The van der Waals surface area contributed by atoms with Gasteiger partial charge in [-0.05, 0) is 5.92 Å². The lowest BCUT2D eigenvalue weighted by atomic mass is 9.99. The van der Waals surface area contributed by atoms with Gasteiger partial charge in [0.2, 0.25) is 11.8 Å². The van der Waals surface area contributed by atoms with E-state index in [9.17, 15) is 9.59 Å². The predicted molar refractivity (Wildman–Crippen MR) is 60.5 cm³/mol.